The van der Waals surface area contributed by atoms with E-state index < -0.39 is 11.4 Å². The molecule has 0 amide bonds. The lowest BCUT2D eigenvalue weighted by Crippen LogP contribution is -2.35. The van der Waals surface area contributed by atoms with E-state index in [2.05, 4.69) is 31.1 Å². The van der Waals surface area contributed by atoms with E-state index in [0.717, 1.165) is 4.47 Å². The Morgan fingerprint density at radius 3 is 2.71 bits per heavy atom. The predicted octanol–water partition coefficient (Wildman–Crippen LogP) is 3.18. The molecule has 0 bridgehead atoms. The first-order chi connectivity index (χ1) is 9.83. The number of halogens is 1. The lowest BCUT2D eigenvalue weighted by molar-refractivity contribution is -0.150. The molecule has 0 radical (unpaired) electrons. The molecule has 2 aromatic rings. The SMILES string of the molecule is CC(C)C(C)(Cc1nc(-c2ccc(Br)cn2)no1)C(=O)O. The molecule has 1 atom stereocenters. The van der Waals surface area contributed by atoms with Crippen LogP contribution in [0.4, 0.5) is 0 Å². The van der Waals surface area contributed by atoms with Gasteiger partial charge in [0.1, 0.15) is 5.69 Å². The van der Waals surface area contributed by atoms with Gasteiger partial charge >= 0.3 is 5.97 Å². The molecule has 0 aliphatic rings. The molecular formula is C14H16BrN3O3. The summed E-state index contributed by atoms with van der Waals surface area (Å²) >= 11 is 3.30. The molecule has 0 spiro atoms. The summed E-state index contributed by atoms with van der Waals surface area (Å²) < 4.78 is 6.02. The summed E-state index contributed by atoms with van der Waals surface area (Å²) in [4.78, 5) is 19.9. The van der Waals surface area contributed by atoms with Gasteiger partial charge in [-0.2, -0.15) is 4.98 Å². The molecule has 0 fully saturated rings. The Kier molecular flexibility index (Phi) is 4.41. The van der Waals surface area contributed by atoms with Crippen LogP contribution in [0.25, 0.3) is 11.5 Å². The van der Waals surface area contributed by atoms with Gasteiger partial charge in [-0.05, 0) is 40.9 Å². The molecule has 0 aliphatic heterocycles. The number of carboxylic acids is 1. The second kappa shape index (κ2) is 5.93. The molecule has 0 saturated carbocycles. The van der Waals surface area contributed by atoms with E-state index in [0.29, 0.717) is 17.4 Å². The van der Waals surface area contributed by atoms with E-state index in [-0.39, 0.29) is 12.3 Å². The number of rotatable bonds is 5. The molecule has 1 N–H and O–H groups in total. The third-order valence-corrected chi connectivity index (χ3v) is 4.17. The first-order valence-electron chi connectivity index (χ1n) is 6.51. The summed E-state index contributed by atoms with van der Waals surface area (Å²) in [5, 5.41) is 13.3. The average molecular weight is 354 g/mol. The highest BCUT2D eigenvalue weighted by Gasteiger charge is 2.38. The maximum absolute atomic E-state index is 11.5. The maximum atomic E-state index is 11.5. The van der Waals surface area contributed by atoms with E-state index in [9.17, 15) is 9.90 Å². The van der Waals surface area contributed by atoms with Crippen molar-refractivity contribution in [2.24, 2.45) is 11.3 Å². The van der Waals surface area contributed by atoms with Gasteiger partial charge in [-0.1, -0.05) is 19.0 Å². The summed E-state index contributed by atoms with van der Waals surface area (Å²) in [6.45, 7) is 5.41. The fourth-order valence-corrected chi connectivity index (χ4v) is 2.01. The van der Waals surface area contributed by atoms with Crippen LogP contribution in [0, 0.1) is 11.3 Å². The number of pyridine rings is 1. The zero-order valence-corrected chi connectivity index (χ0v) is 13.6. The van der Waals surface area contributed by atoms with Crippen LogP contribution in [0.1, 0.15) is 26.7 Å². The fourth-order valence-electron chi connectivity index (χ4n) is 1.78. The van der Waals surface area contributed by atoms with Crippen LogP contribution >= 0.6 is 15.9 Å². The molecular weight excluding hydrogens is 338 g/mol. The Labute approximate surface area is 130 Å². The molecule has 21 heavy (non-hydrogen) atoms. The van der Waals surface area contributed by atoms with Gasteiger partial charge in [0.2, 0.25) is 11.7 Å². The largest absolute Gasteiger partial charge is 0.481 e. The number of aromatic nitrogens is 3. The Morgan fingerprint density at radius 1 is 1.48 bits per heavy atom. The number of hydrogen-bond acceptors (Lipinski definition) is 5. The van der Waals surface area contributed by atoms with Gasteiger partial charge in [-0.25, -0.2) is 0 Å². The number of aliphatic carboxylic acids is 1. The van der Waals surface area contributed by atoms with Crippen molar-refractivity contribution in [1.29, 1.82) is 0 Å². The minimum Gasteiger partial charge on any atom is -0.481 e. The summed E-state index contributed by atoms with van der Waals surface area (Å²) in [6.07, 6.45) is 1.82. The molecule has 7 heteroatoms. The standard InChI is InChI=1S/C14H16BrN3O3/c1-8(2)14(3,13(19)20)6-11-17-12(18-21-11)10-5-4-9(15)7-16-10/h4-5,7-8H,6H2,1-3H3,(H,19,20). The van der Waals surface area contributed by atoms with Crippen LogP contribution in [0.5, 0.6) is 0 Å². The number of nitrogens with zero attached hydrogens (tertiary/aromatic N) is 3. The van der Waals surface area contributed by atoms with E-state index in [1.165, 1.54) is 0 Å². The van der Waals surface area contributed by atoms with Gasteiger partial charge in [0.05, 0.1) is 5.41 Å². The van der Waals surface area contributed by atoms with Crippen LogP contribution in [-0.2, 0) is 11.2 Å². The van der Waals surface area contributed by atoms with Gasteiger partial charge < -0.3 is 9.63 Å². The lowest BCUT2D eigenvalue weighted by atomic mass is 9.76. The van der Waals surface area contributed by atoms with E-state index in [1.54, 1.807) is 19.2 Å². The van der Waals surface area contributed by atoms with E-state index in [1.807, 2.05) is 19.9 Å². The summed E-state index contributed by atoms with van der Waals surface area (Å²) in [7, 11) is 0. The Morgan fingerprint density at radius 2 is 2.19 bits per heavy atom. The van der Waals surface area contributed by atoms with Crippen molar-refractivity contribution in [3.63, 3.8) is 0 Å². The Hall–Kier alpha value is -1.76. The van der Waals surface area contributed by atoms with Crippen LogP contribution in [-0.4, -0.2) is 26.2 Å². The summed E-state index contributed by atoms with van der Waals surface area (Å²) in [5.41, 5.74) is -0.369. The lowest BCUT2D eigenvalue weighted by Gasteiger charge is -2.27. The highest BCUT2D eigenvalue weighted by atomic mass is 79.9. The average Bonchev–Trinajstić information content (AvgIpc) is 2.87. The fraction of sp³-hybridized carbons (Fsp3) is 0.429. The van der Waals surface area contributed by atoms with Gasteiger partial charge in [0.15, 0.2) is 0 Å². The highest BCUT2D eigenvalue weighted by Crippen LogP contribution is 2.31. The Bertz CT molecular complexity index is 639. The topological polar surface area (TPSA) is 89.1 Å². The van der Waals surface area contributed by atoms with Crippen molar-refractivity contribution in [1.82, 2.24) is 15.1 Å². The second-order valence-electron chi connectivity index (χ2n) is 5.43. The van der Waals surface area contributed by atoms with E-state index in [4.69, 9.17) is 4.52 Å². The predicted molar refractivity (Wildman–Crippen MR) is 79.5 cm³/mol. The van der Waals surface area contributed by atoms with Crippen LogP contribution in [0.2, 0.25) is 0 Å². The molecule has 2 heterocycles. The van der Waals surface area contributed by atoms with Crippen LogP contribution in [0.3, 0.4) is 0 Å². The number of carbonyl (C=O) groups is 1. The highest BCUT2D eigenvalue weighted by molar-refractivity contribution is 9.10. The minimum atomic E-state index is -0.947. The quantitative estimate of drug-likeness (QED) is 0.887. The Balaban J connectivity index is 2.24. The monoisotopic (exact) mass is 353 g/mol. The zero-order chi connectivity index (χ0) is 15.6. The molecule has 1 unspecified atom stereocenters. The molecule has 2 rings (SSSR count). The first-order valence-corrected chi connectivity index (χ1v) is 7.30. The molecule has 0 aliphatic carbocycles. The number of hydrogen-bond donors (Lipinski definition) is 1. The summed E-state index contributed by atoms with van der Waals surface area (Å²) in [5.74, 6) is -0.280. The third-order valence-electron chi connectivity index (χ3n) is 3.71. The van der Waals surface area contributed by atoms with Crippen molar-refractivity contribution in [2.45, 2.75) is 27.2 Å². The van der Waals surface area contributed by atoms with Crippen molar-refractivity contribution >= 4 is 21.9 Å². The van der Waals surface area contributed by atoms with Crippen LogP contribution < -0.4 is 0 Å². The van der Waals surface area contributed by atoms with Crippen molar-refractivity contribution in [3.05, 3.63) is 28.7 Å². The van der Waals surface area contributed by atoms with Crippen molar-refractivity contribution in [2.75, 3.05) is 0 Å². The van der Waals surface area contributed by atoms with Gasteiger partial charge in [-0.15, -0.1) is 0 Å². The number of carboxylic acid groups (broad SMARTS) is 1. The van der Waals surface area contributed by atoms with Crippen molar-refractivity contribution < 1.29 is 14.4 Å². The second-order valence-corrected chi connectivity index (χ2v) is 6.34. The van der Waals surface area contributed by atoms with Crippen molar-refractivity contribution in [3.8, 4) is 11.5 Å². The smallest absolute Gasteiger partial charge is 0.310 e. The van der Waals surface area contributed by atoms with E-state index >= 15 is 0 Å². The minimum absolute atomic E-state index is 0.0591. The molecule has 6 nitrogen and oxygen atoms in total. The molecule has 0 aromatic carbocycles. The molecule has 2 aromatic heterocycles. The molecule has 112 valence electrons. The first kappa shape index (κ1) is 15.6. The van der Waals surface area contributed by atoms with Crippen LogP contribution in [0.15, 0.2) is 27.3 Å². The third kappa shape index (κ3) is 3.29. The van der Waals surface area contributed by atoms with Gasteiger partial charge in [0.25, 0.3) is 0 Å². The summed E-state index contributed by atoms with van der Waals surface area (Å²) in [6, 6.07) is 3.59. The normalized spacial score (nSPS) is 14.1. The zero-order valence-electron chi connectivity index (χ0n) is 12.0. The molecule has 0 saturated heterocycles. The van der Waals surface area contributed by atoms with Gasteiger partial charge in [-0.3, -0.25) is 9.78 Å². The van der Waals surface area contributed by atoms with Gasteiger partial charge in [0, 0.05) is 17.1 Å². The maximum Gasteiger partial charge on any atom is 0.310 e.